The van der Waals surface area contributed by atoms with Gasteiger partial charge in [0.05, 0.1) is 4.47 Å². The van der Waals surface area contributed by atoms with E-state index in [1.165, 1.54) is 4.57 Å². The van der Waals surface area contributed by atoms with E-state index in [1.54, 1.807) is 12.3 Å². The molecule has 4 nitrogen and oxygen atoms in total. The van der Waals surface area contributed by atoms with Gasteiger partial charge >= 0.3 is 5.97 Å². The topological polar surface area (TPSA) is 48.3 Å². The maximum absolute atomic E-state index is 11.8. The molecule has 1 aliphatic rings. The van der Waals surface area contributed by atoms with Crippen LogP contribution in [0, 0.1) is 6.92 Å². The molecule has 0 aliphatic heterocycles. The lowest BCUT2D eigenvalue weighted by Gasteiger charge is -2.12. The summed E-state index contributed by atoms with van der Waals surface area (Å²) < 4.78 is 7.19. The van der Waals surface area contributed by atoms with Crippen LogP contribution in [-0.2, 0) is 16.1 Å². The zero-order valence-electron chi connectivity index (χ0n) is 10.3. The number of halogens is 1. The third-order valence-electron chi connectivity index (χ3n) is 3.08. The highest BCUT2D eigenvalue weighted by molar-refractivity contribution is 9.10. The highest BCUT2D eigenvalue weighted by Gasteiger charge is 2.19. The van der Waals surface area contributed by atoms with Gasteiger partial charge in [0, 0.05) is 6.20 Å². The van der Waals surface area contributed by atoms with Crippen molar-refractivity contribution < 1.29 is 9.53 Å². The Morgan fingerprint density at radius 1 is 1.50 bits per heavy atom. The Labute approximate surface area is 114 Å². The smallest absolute Gasteiger partial charge is 0.326 e. The first-order valence-electron chi connectivity index (χ1n) is 6.12. The molecule has 0 amide bonds. The van der Waals surface area contributed by atoms with Gasteiger partial charge in [0.25, 0.3) is 5.56 Å². The minimum atomic E-state index is -0.332. The zero-order chi connectivity index (χ0) is 13.1. The van der Waals surface area contributed by atoms with Crippen molar-refractivity contribution >= 4 is 21.9 Å². The number of carbonyl (C=O) groups is 1. The van der Waals surface area contributed by atoms with E-state index in [4.69, 9.17) is 4.74 Å². The number of nitrogens with zero attached hydrogens (tertiary/aromatic N) is 1. The quantitative estimate of drug-likeness (QED) is 0.805. The summed E-state index contributed by atoms with van der Waals surface area (Å²) >= 11 is 3.19. The summed E-state index contributed by atoms with van der Waals surface area (Å²) in [5.74, 6) is -0.332. The number of aromatic nitrogens is 1. The molecule has 0 bridgehead atoms. The van der Waals surface area contributed by atoms with Crippen molar-refractivity contribution in [3.63, 3.8) is 0 Å². The molecule has 0 atom stereocenters. The molecule has 1 fully saturated rings. The number of carbonyl (C=O) groups excluding carboxylic acids is 1. The highest BCUT2D eigenvalue weighted by Crippen LogP contribution is 2.21. The molecule has 0 spiro atoms. The van der Waals surface area contributed by atoms with Crippen LogP contribution < -0.4 is 5.56 Å². The van der Waals surface area contributed by atoms with Gasteiger partial charge in [0.2, 0.25) is 0 Å². The predicted molar refractivity (Wildman–Crippen MR) is 71.5 cm³/mol. The molecule has 1 aromatic heterocycles. The van der Waals surface area contributed by atoms with Gasteiger partial charge in [-0.3, -0.25) is 9.59 Å². The fraction of sp³-hybridized carbons (Fsp3) is 0.538. The van der Waals surface area contributed by atoms with E-state index in [-0.39, 0.29) is 24.2 Å². The molecular weight excluding hydrogens is 298 g/mol. The van der Waals surface area contributed by atoms with Crippen LogP contribution in [0.25, 0.3) is 0 Å². The van der Waals surface area contributed by atoms with E-state index in [9.17, 15) is 9.59 Å². The van der Waals surface area contributed by atoms with Crippen molar-refractivity contribution in [2.24, 2.45) is 0 Å². The zero-order valence-corrected chi connectivity index (χ0v) is 11.9. The Hall–Kier alpha value is -1.10. The highest BCUT2D eigenvalue weighted by atomic mass is 79.9. The summed E-state index contributed by atoms with van der Waals surface area (Å²) in [5, 5.41) is 0. The number of hydrogen-bond acceptors (Lipinski definition) is 3. The molecule has 5 heteroatoms. The Morgan fingerprint density at radius 3 is 2.83 bits per heavy atom. The van der Waals surface area contributed by atoms with Crippen LogP contribution >= 0.6 is 15.9 Å². The van der Waals surface area contributed by atoms with Crippen molar-refractivity contribution in [1.29, 1.82) is 0 Å². The summed E-state index contributed by atoms with van der Waals surface area (Å²) in [6.45, 7) is 1.86. The molecule has 18 heavy (non-hydrogen) atoms. The first-order valence-corrected chi connectivity index (χ1v) is 6.91. The van der Waals surface area contributed by atoms with E-state index >= 15 is 0 Å². The van der Waals surface area contributed by atoms with Crippen LogP contribution in [-0.4, -0.2) is 16.6 Å². The second-order valence-corrected chi connectivity index (χ2v) is 5.55. The standard InChI is InChI=1S/C13H16BrNO3/c1-9-6-11(14)13(17)15(7-9)8-12(16)18-10-4-2-3-5-10/h6-7,10H,2-5,8H2,1H3. The second kappa shape index (κ2) is 5.69. The Morgan fingerprint density at radius 2 is 2.17 bits per heavy atom. The molecular formula is C13H16BrNO3. The van der Waals surface area contributed by atoms with Gasteiger partial charge in [-0.25, -0.2) is 0 Å². The van der Waals surface area contributed by atoms with Gasteiger partial charge in [0.15, 0.2) is 0 Å². The summed E-state index contributed by atoms with van der Waals surface area (Å²) in [6.07, 6.45) is 5.84. The van der Waals surface area contributed by atoms with Gasteiger partial charge in [0.1, 0.15) is 12.6 Å². The lowest BCUT2D eigenvalue weighted by molar-refractivity contribution is -0.149. The molecule has 1 saturated carbocycles. The van der Waals surface area contributed by atoms with E-state index in [0.717, 1.165) is 31.2 Å². The van der Waals surface area contributed by atoms with Crippen LogP contribution in [0.3, 0.4) is 0 Å². The first-order chi connectivity index (χ1) is 8.56. The fourth-order valence-corrected chi connectivity index (χ4v) is 2.82. The molecule has 0 N–H and O–H groups in total. The fourth-order valence-electron chi connectivity index (χ4n) is 2.23. The normalized spacial score (nSPS) is 15.9. The maximum atomic E-state index is 11.8. The summed E-state index contributed by atoms with van der Waals surface area (Å²) in [6, 6.07) is 1.74. The summed E-state index contributed by atoms with van der Waals surface area (Å²) in [7, 11) is 0. The van der Waals surface area contributed by atoms with Crippen molar-refractivity contribution in [2.45, 2.75) is 45.3 Å². The van der Waals surface area contributed by atoms with E-state index in [1.807, 2.05) is 6.92 Å². The van der Waals surface area contributed by atoms with Gasteiger partial charge in [-0.2, -0.15) is 0 Å². The number of hydrogen-bond donors (Lipinski definition) is 0. The third-order valence-corrected chi connectivity index (χ3v) is 3.65. The van der Waals surface area contributed by atoms with E-state index in [0.29, 0.717) is 4.47 Å². The Balaban J connectivity index is 2.04. The van der Waals surface area contributed by atoms with Gasteiger partial charge in [-0.1, -0.05) is 0 Å². The molecule has 0 unspecified atom stereocenters. The van der Waals surface area contributed by atoms with Crippen molar-refractivity contribution in [3.05, 3.63) is 32.7 Å². The SMILES string of the molecule is Cc1cc(Br)c(=O)n(CC(=O)OC2CCCC2)c1. The molecule has 1 aliphatic carbocycles. The molecule has 0 aromatic carbocycles. The van der Waals surface area contributed by atoms with Crippen molar-refractivity contribution in [1.82, 2.24) is 4.57 Å². The Bertz CT molecular complexity index is 503. The van der Waals surface area contributed by atoms with Gasteiger partial charge < -0.3 is 9.30 Å². The van der Waals surface area contributed by atoms with Crippen molar-refractivity contribution in [2.75, 3.05) is 0 Å². The minimum Gasteiger partial charge on any atom is -0.461 e. The predicted octanol–water partition coefficient (Wildman–Crippen LogP) is 2.41. The lowest BCUT2D eigenvalue weighted by atomic mass is 10.3. The maximum Gasteiger partial charge on any atom is 0.326 e. The number of pyridine rings is 1. The van der Waals surface area contributed by atoms with E-state index < -0.39 is 0 Å². The average Bonchev–Trinajstić information content (AvgIpc) is 2.77. The van der Waals surface area contributed by atoms with Crippen LogP contribution in [0.1, 0.15) is 31.2 Å². The second-order valence-electron chi connectivity index (χ2n) is 4.69. The lowest BCUT2D eigenvalue weighted by Crippen LogP contribution is -2.27. The molecule has 1 heterocycles. The molecule has 98 valence electrons. The van der Waals surface area contributed by atoms with Gasteiger partial charge in [-0.15, -0.1) is 0 Å². The van der Waals surface area contributed by atoms with E-state index in [2.05, 4.69) is 15.9 Å². The Kier molecular flexibility index (Phi) is 4.22. The molecule has 1 aromatic rings. The summed E-state index contributed by atoms with van der Waals surface area (Å²) in [5.41, 5.74) is 0.721. The molecule has 0 radical (unpaired) electrons. The van der Waals surface area contributed by atoms with Gasteiger partial charge in [-0.05, 0) is 60.2 Å². The number of esters is 1. The first kappa shape index (κ1) is 13.3. The monoisotopic (exact) mass is 313 g/mol. The van der Waals surface area contributed by atoms with Crippen LogP contribution in [0.15, 0.2) is 21.5 Å². The summed E-state index contributed by atoms with van der Waals surface area (Å²) in [4.78, 5) is 23.5. The minimum absolute atomic E-state index is 0.0182. The van der Waals surface area contributed by atoms with Crippen molar-refractivity contribution in [3.8, 4) is 0 Å². The van der Waals surface area contributed by atoms with Crippen LogP contribution in [0.5, 0.6) is 0 Å². The average molecular weight is 314 g/mol. The number of rotatable bonds is 3. The third kappa shape index (κ3) is 3.22. The number of ether oxygens (including phenoxy) is 1. The largest absolute Gasteiger partial charge is 0.461 e. The number of aryl methyl sites for hydroxylation is 1. The molecule has 2 rings (SSSR count). The molecule has 0 saturated heterocycles. The van der Waals surface area contributed by atoms with Crippen LogP contribution in [0.4, 0.5) is 0 Å². The van der Waals surface area contributed by atoms with Crippen LogP contribution in [0.2, 0.25) is 0 Å².